The molecule has 0 aliphatic carbocycles. The number of rotatable bonds is 6. The summed E-state index contributed by atoms with van der Waals surface area (Å²) < 4.78 is 14.4. The highest BCUT2D eigenvalue weighted by atomic mass is 79.9. The third-order valence-electron chi connectivity index (χ3n) is 2.60. The molecule has 0 aliphatic heterocycles. The van der Waals surface area contributed by atoms with Gasteiger partial charge in [0.05, 0.1) is 6.54 Å². The van der Waals surface area contributed by atoms with Crippen LogP contribution in [0.2, 0.25) is 0 Å². The Balaban J connectivity index is 2.65. The summed E-state index contributed by atoms with van der Waals surface area (Å²) in [4.78, 5) is 13.4. The summed E-state index contributed by atoms with van der Waals surface area (Å²) in [5, 5.41) is 2.74. The van der Waals surface area contributed by atoms with Gasteiger partial charge in [0.2, 0.25) is 5.91 Å². The monoisotopic (exact) mass is 316 g/mol. The van der Waals surface area contributed by atoms with Crippen LogP contribution in [-0.2, 0) is 11.3 Å². The van der Waals surface area contributed by atoms with Crippen molar-refractivity contribution < 1.29 is 9.18 Å². The van der Waals surface area contributed by atoms with Crippen LogP contribution >= 0.6 is 15.9 Å². The number of benzene rings is 1. The number of hydrogen-bond donors (Lipinski definition) is 1. The Morgan fingerprint density at radius 2 is 2.17 bits per heavy atom. The fourth-order valence-corrected chi connectivity index (χ4v) is 1.96. The normalized spacial score (nSPS) is 10.7. The summed E-state index contributed by atoms with van der Waals surface area (Å²) in [5.41, 5.74) is 0.601. The van der Waals surface area contributed by atoms with E-state index in [4.69, 9.17) is 0 Å². The lowest BCUT2D eigenvalue weighted by Gasteiger charge is -2.20. The smallest absolute Gasteiger partial charge is 0.234 e. The molecule has 0 aliphatic rings. The van der Waals surface area contributed by atoms with Crippen molar-refractivity contribution in [1.82, 2.24) is 10.2 Å². The molecule has 5 heteroatoms. The predicted octanol–water partition coefficient (Wildman–Crippen LogP) is 2.55. The molecular weight excluding hydrogens is 299 g/mol. The van der Waals surface area contributed by atoms with E-state index in [2.05, 4.69) is 21.2 Å². The molecule has 0 unspecified atom stereocenters. The van der Waals surface area contributed by atoms with Crippen molar-refractivity contribution in [2.45, 2.75) is 20.4 Å². The molecule has 0 heterocycles. The van der Waals surface area contributed by atoms with Gasteiger partial charge in [-0.25, -0.2) is 4.39 Å². The van der Waals surface area contributed by atoms with Crippen LogP contribution in [0.25, 0.3) is 0 Å². The fraction of sp³-hybridized carbons (Fsp3) is 0.462. The molecular formula is C13H18BrFN2O. The Bertz CT molecular complexity index is 412. The molecule has 1 aromatic carbocycles. The maximum Gasteiger partial charge on any atom is 0.234 e. The summed E-state index contributed by atoms with van der Waals surface area (Å²) in [6, 6.07) is 4.98. The largest absolute Gasteiger partial charge is 0.355 e. The van der Waals surface area contributed by atoms with E-state index < -0.39 is 0 Å². The molecule has 0 fully saturated rings. The van der Waals surface area contributed by atoms with Gasteiger partial charge in [-0.3, -0.25) is 9.69 Å². The highest BCUT2D eigenvalue weighted by molar-refractivity contribution is 9.10. The van der Waals surface area contributed by atoms with Crippen molar-refractivity contribution in [1.29, 1.82) is 0 Å². The van der Waals surface area contributed by atoms with E-state index in [0.29, 0.717) is 31.7 Å². The summed E-state index contributed by atoms with van der Waals surface area (Å²) in [6.07, 6.45) is 0. The van der Waals surface area contributed by atoms with Gasteiger partial charge < -0.3 is 5.32 Å². The first kappa shape index (κ1) is 15.1. The van der Waals surface area contributed by atoms with Gasteiger partial charge in [0.1, 0.15) is 5.82 Å². The third kappa shape index (κ3) is 4.74. The van der Waals surface area contributed by atoms with Crippen molar-refractivity contribution in [3.63, 3.8) is 0 Å². The van der Waals surface area contributed by atoms with E-state index in [0.717, 1.165) is 4.47 Å². The Hall–Kier alpha value is -0.940. The van der Waals surface area contributed by atoms with Crippen LogP contribution in [0.15, 0.2) is 22.7 Å². The Morgan fingerprint density at radius 3 is 2.72 bits per heavy atom. The lowest BCUT2D eigenvalue weighted by atomic mass is 10.2. The minimum absolute atomic E-state index is 0.0307. The lowest BCUT2D eigenvalue weighted by molar-refractivity contribution is -0.122. The predicted molar refractivity (Wildman–Crippen MR) is 73.7 cm³/mol. The minimum Gasteiger partial charge on any atom is -0.355 e. The standard InChI is InChI=1S/C13H18BrFN2O/c1-3-16-13(18)9-17(4-2)8-10-5-6-11(14)7-12(10)15/h5-7H,3-4,8-9H2,1-2H3,(H,16,18). The number of halogens is 2. The van der Waals surface area contributed by atoms with Crippen molar-refractivity contribution in [2.24, 2.45) is 0 Å². The maximum atomic E-state index is 13.7. The highest BCUT2D eigenvalue weighted by Gasteiger charge is 2.11. The Morgan fingerprint density at radius 1 is 1.44 bits per heavy atom. The second-order valence-electron chi connectivity index (χ2n) is 3.99. The number of nitrogens with one attached hydrogen (secondary N) is 1. The van der Waals surface area contributed by atoms with Crippen LogP contribution in [0.3, 0.4) is 0 Å². The molecule has 1 rings (SSSR count). The zero-order chi connectivity index (χ0) is 13.5. The lowest BCUT2D eigenvalue weighted by Crippen LogP contribution is -2.36. The number of likely N-dealkylation sites (N-methyl/N-ethyl adjacent to an activating group) is 2. The van der Waals surface area contributed by atoms with Crippen molar-refractivity contribution in [3.8, 4) is 0 Å². The van der Waals surface area contributed by atoms with E-state index >= 15 is 0 Å². The molecule has 0 aromatic heterocycles. The van der Waals surface area contributed by atoms with Crippen LogP contribution in [0.1, 0.15) is 19.4 Å². The van der Waals surface area contributed by atoms with E-state index in [1.54, 1.807) is 12.1 Å². The second-order valence-corrected chi connectivity index (χ2v) is 4.91. The van der Waals surface area contributed by atoms with Crippen molar-refractivity contribution >= 4 is 21.8 Å². The van der Waals surface area contributed by atoms with Gasteiger partial charge in [-0.1, -0.05) is 28.9 Å². The highest BCUT2D eigenvalue weighted by Crippen LogP contribution is 2.16. The van der Waals surface area contributed by atoms with Crippen LogP contribution < -0.4 is 5.32 Å². The maximum absolute atomic E-state index is 13.7. The number of amides is 1. The topological polar surface area (TPSA) is 32.3 Å². The van der Waals surface area contributed by atoms with Gasteiger partial charge in [0.25, 0.3) is 0 Å². The van der Waals surface area contributed by atoms with E-state index in [1.807, 2.05) is 18.7 Å². The van der Waals surface area contributed by atoms with Crippen LogP contribution in [0.5, 0.6) is 0 Å². The molecule has 1 aromatic rings. The van der Waals surface area contributed by atoms with Gasteiger partial charge >= 0.3 is 0 Å². The van der Waals surface area contributed by atoms with Gasteiger partial charge in [0.15, 0.2) is 0 Å². The second kappa shape index (κ2) is 7.48. The molecule has 3 nitrogen and oxygen atoms in total. The number of carbonyl (C=O) groups is 1. The van der Waals surface area contributed by atoms with E-state index in [1.165, 1.54) is 6.07 Å². The zero-order valence-electron chi connectivity index (χ0n) is 10.7. The van der Waals surface area contributed by atoms with E-state index in [9.17, 15) is 9.18 Å². The number of nitrogens with zero attached hydrogens (tertiary/aromatic N) is 1. The first-order valence-electron chi connectivity index (χ1n) is 5.99. The summed E-state index contributed by atoms with van der Waals surface area (Å²) >= 11 is 3.22. The van der Waals surface area contributed by atoms with Crippen LogP contribution in [-0.4, -0.2) is 30.4 Å². The third-order valence-corrected chi connectivity index (χ3v) is 3.09. The fourth-order valence-electron chi connectivity index (χ4n) is 1.63. The first-order valence-corrected chi connectivity index (χ1v) is 6.79. The SMILES string of the molecule is CCNC(=O)CN(CC)Cc1ccc(Br)cc1F. The molecule has 0 bridgehead atoms. The number of hydrogen-bond acceptors (Lipinski definition) is 2. The van der Waals surface area contributed by atoms with Gasteiger partial charge in [0, 0.05) is 23.1 Å². The van der Waals surface area contributed by atoms with Crippen LogP contribution in [0.4, 0.5) is 4.39 Å². The van der Waals surface area contributed by atoms with Gasteiger partial charge in [-0.2, -0.15) is 0 Å². The molecule has 0 atom stereocenters. The quantitative estimate of drug-likeness (QED) is 0.874. The molecule has 0 saturated carbocycles. The molecule has 0 saturated heterocycles. The Labute approximate surface area is 115 Å². The minimum atomic E-state index is -0.251. The van der Waals surface area contributed by atoms with Crippen molar-refractivity contribution in [3.05, 3.63) is 34.1 Å². The van der Waals surface area contributed by atoms with Gasteiger partial charge in [-0.05, 0) is 25.6 Å². The Kier molecular flexibility index (Phi) is 6.29. The summed E-state index contributed by atoms with van der Waals surface area (Å²) in [6.45, 7) is 5.88. The average molecular weight is 317 g/mol. The first-order chi connectivity index (χ1) is 8.56. The molecule has 18 heavy (non-hydrogen) atoms. The van der Waals surface area contributed by atoms with Crippen LogP contribution in [0, 0.1) is 5.82 Å². The summed E-state index contributed by atoms with van der Waals surface area (Å²) in [7, 11) is 0. The van der Waals surface area contributed by atoms with E-state index in [-0.39, 0.29) is 11.7 Å². The number of carbonyl (C=O) groups excluding carboxylic acids is 1. The molecule has 1 amide bonds. The van der Waals surface area contributed by atoms with Gasteiger partial charge in [-0.15, -0.1) is 0 Å². The molecule has 1 N–H and O–H groups in total. The zero-order valence-corrected chi connectivity index (χ0v) is 12.3. The molecule has 100 valence electrons. The average Bonchev–Trinajstić information content (AvgIpc) is 2.31. The molecule has 0 radical (unpaired) electrons. The summed E-state index contributed by atoms with van der Waals surface area (Å²) in [5.74, 6) is -0.282. The van der Waals surface area contributed by atoms with Crippen molar-refractivity contribution in [2.75, 3.05) is 19.6 Å². The molecule has 0 spiro atoms.